The van der Waals surface area contributed by atoms with Crippen molar-refractivity contribution in [3.63, 3.8) is 0 Å². The van der Waals surface area contributed by atoms with Crippen LogP contribution in [-0.2, 0) is 39.1 Å². The predicted octanol–water partition coefficient (Wildman–Crippen LogP) is 4.09. The van der Waals surface area contributed by atoms with Crippen molar-refractivity contribution in [1.82, 2.24) is 4.90 Å². The molecule has 0 bridgehead atoms. The van der Waals surface area contributed by atoms with Crippen molar-refractivity contribution in [1.29, 1.82) is 0 Å². The second kappa shape index (κ2) is 11.6. The SMILES string of the molecule is O=S1(=O)C[C@@H](COCc2ccccc2)N(Cc2ccccc2)[C@@H](COCc2ccccc2)C1. The van der Waals surface area contributed by atoms with Crippen molar-refractivity contribution in [3.05, 3.63) is 108 Å². The topological polar surface area (TPSA) is 55.8 Å². The maximum atomic E-state index is 12.8. The van der Waals surface area contributed by atoms with Gasteiger partial charge in [-0.2, -0.15) is 0 Å². The van der Waals surface area contributed by atoms with Crippen LogP contribution < -0.4 is 0 Å². The van der Waals surface area contributed by atoms with Gasteiger partial charge in [-0.3, -0.25) is 4.90 Å². The Morgan fingerprint density at radius 2 is 1.03 bits per heavy atom. The first kappa shape index (κ1) is 23.6. The maximum Gasteiger partial charge on any atom is 0.153 e. The molecule has 0 radical (unpaired) electrons. The van der Waals surface area contributed by atoms with Crippen LogP contribution in [0.5, 0.6) is 0 Å². The molecule has 1 fully saturated rings. The fourth-order valence-corrected chi connectivity index (χ4v) is 6.14. The van der Waals surface area contributed by atoms with Gasteiger partial charge in [-0.05, 0) is 16.7 Å². The molecule has 0 amide bonds. The predicted molar refractivity (Wildman–Crippen MR) is 130 cm³/mol. The molecular weight excluding hydrogens is 434 g/mol. The molecule has 174 valence electrons. The summed E-state index contributed by atoms with van der Waals surface area (Å²) in [6.07, 6.45) is 0. The van der Waals surface area contributed by atoms with Gasteiger partial charge in [-0.1, -0.05) is 91.0 Å². The second-order valence-corrected chi connectivity index (χ2v) is 10.7. The third-order valence-corrected chi connectivity index (χ3v) is 7.67. The number of hydrogen-bond donors (Lipinski definition) is 0. The van der Waals surface area contributed by atoms with Gasteiger partial charge >= 0.3 is 0 Å². The summed E-state index contributed by atoms with van der Waals surface area (Å²) in [5.41, 5.74) is 3.31. The van der Waals surface area contributed by atoms with Crippen LogP contribution in [0.3, 0.4) is 0 Å². The summed E-state index contributed by atoms with van der Waals surface area (Å²) in [7, 11) is -3.20. The highest BCUT2D eigenvalue weighted by atomic mass is 32.2. The lowest BCUT2D eigenvalue weighted by molar-refractivity contribution is -0.0000203. The first-order valence-corrected chi connectivity index (χ1v) is 13.1. The maximum absolute atomic E-state index is 12.8. The summed E-state index contributed by atoms with van der Waals surface area (Å²) in [5.74, 6) is 0.202. The molecule has 1 heterocycles. The van der Waals surface area contributed by atoms with Crippen molar-refractivity contribution in [2.45, 2.75) is 31.8 Å². The molecule has 0 N–H and O–H groups in total. The molecule has 1 aliphatic heterocycles. The number of nitrogens with zero attached hydrogens (tertiary/aromatic N) is 1. The van der Waals surface area contributed by atoms with E-state index >= 15 is 0 Å². The summed E-state index contributed by atoms with van der Waals surface area (Å²) in [6, 6.07) is 29.6. The van der Waals surface area contributed by atoms with Crippen LogP contribution in [-0.4, -0.2) is 50.1 Å². The normalized spacial score (nSPS) is 20.5. The Hall–Kier alpha value is -2.51. The van der Waals surface area contributed by atoms with Crippen molar-refractivity contribution in [2.75, 3.05) is 24.7 Å². The van der Waals surface area contributed by atoms with Crippen LogP contribution in [0.1, 0.15) is 16.7 Å². The monoisotopic (exact) mass is 465 g/mol. The van der Waals surface area contributed by atoms with Crippen molar-refractivity contribution >= 4 is 9.84 Å². The summed E-state index contributed by atoms with van der Waals surface area (Å²) in [6.45, 7) is 2.30. The molecule has 0 saturated carbocycles. The van der Waals surface area contributed by atoms with E-state index in [0.717, 1.165) is 16.7 Å². The van der Waals surface area contributed by atoms with E-state index < -0.39 is 9.84 Å². The molecule has 0 aromatic heterocycles. The van der Waals surface area contributed by atoms with E-state index in [1.54, 1.807) is 0 Å². The Labute approximate surface area is 196 Å². The summed E-state index contributed by atoms with van der Waals surface area (Å²) in [4.78, 5) is 2.26. The average molecular weight is 466 g/mol. The van der Waals surface area contributed by atoms with Crippen LogP contribution >= 0.6 is 0 Å². The Bertz CT molecular complexity index is 1010. The smallest absolute Gasteiger partial charge is 0.153 e. The Morgan fingerprint density at radius 1 is 0.636 bits per heavy atom. The van der Waals surface area contributed by atoms with E-state index in [1.165, 1.54) is 0 Å². The number of hydrogen-bond acceptors (Lipinski definition) is 5. The molecule has 3 aromatic carbocycles. The first-order chi connectivity index (χ1) is 16.1. The zero-order valence-corrected chi connectivity index (χ0v) is 19.6. The van der Waals surface area contributed by atoms with Gasteiger partial charge in [0.25, 0.3) is 0 Å². The lowest BCUT2D eigenvalue weighted by atomic mass is 10.1. The lowest BCUT2D eigenvalue weighted by Crippen LogP contribution is -2.57. The lowest BCUT2D eigenvalue weighted by Gasteiger charge is -2.41. The van der Waals surface area contributed by atoms with E-state index in [1.807, 2.05) is 78.9 Å². The van der Waals surface area contributed by atoms with Gasteiger partial charge in [0.2, 0.25) is 0 Å². The van der Waals surface area contributed by atoms with Gasteiger partial charge < -0.3 is 9.47 Å². The summed E-state index contributed by atoms with van der Waals surface area (Å²) < 4.78 is 37.6. The quantitative estimate of drug-likeness (QED) is 0.452. The van der Waals surface area contributed by atoms with Crippen LogP contribution in [0.15, 0.2) is 91.0 Å². The molecule has 0 aliphatic carbocycles. The van der Waals surface area contributed by atoms with E-state index in [4.69, 9.17) is 9.47 Å². The standard InChI is InChI=1S/C27H31NO4S/c29-33(30)21-26(19-31-17-24-12-6-2-7-13-24)28(16-23-10-4-1-5-11-23)27(22-33)20-32-18-25-14-8-3-9-15-25/h1-15,26-27H,16-22H2/t26-,27+. The summed E-state index contributed by atoms with van der Waals surface area (Å²) in [5, 5.41) is 0. The zero-order chi connectivity index (χ0) is 22.9. The van der Waals surface area contributed by atoms with Crippen LogP contribution in [0, 0.1) is 0 Å². The minimum absolute atomic E-state index is 0.101. The van der Waals surface area contributed by atoms with Crippen molar-refractivity contribution in [3.8, 4) is 0 Å². The molecule has 0 spiro atoms. The Balaban J connectivity index is 1.46. The van der Waals surface area contributed by atoms with Crippen molar-refractivity contribution < 1.29 is 17.9 Å². The number of sulfone groups is 1. The minimum Gasteiger partial charge on any atom is -0.375 e. The first-order valence-electron chi connectivity index (χ1n) is 11.3. The minimum atomic E-state index is -3.20. The van der Waals surface area contributed by atoms with Gasteiger partial charge in [0, 0.05) is 18.6 Å². The van der Waals surface area contributed by atoms with Crippen LogP contribution in [0.25, 0.3) is 0 Å². The summed E-state index contributed by atoms with van der Waals surface area (Å²) >= 11 is 0. The molecule has 4 rings (SSSR count). The molecule has 1 aliphatic rings. The van der Waals surface area contributed by atoms with E-state index in [9.17, 15) is 8.42 Å². The van der Waals surface area contributed by atoms with Crippen LogP contribution in [0.2, 0.25) is 0 Å². The highest BCUT2D eigenvalue weighted by Gasteiger charge is 2.38. The van der Waals surface area contributed by atoms with Gasteiger partial charge in [0.05, 0.1) is 37.9 Å². The third kappa shape index (κ3) is 7.24. The molecule has 2 atom stereocenters. The van der Waals surface area contributed by atoms with E-state index in [-0.39, 0.29) is 23.6 Å². The molecule has 33 heavy (non-hydrogen) atoms. The Kier molecular flexibility index (Phi) is 8.29. The van der Waals surface area contributed by atoms with Gasteiger partial charge in [-0.15, -0.1) is 0 Å². The molecule has 0 unspecified atom stereocenters. The third-order valence-electron chi connectivity index (χ3n) is 5.88. The number of rotatable bonds is 10. The van der Waals surface area contributed by atoms with Crippen molar-refractivity contribution in [2.24, 2.45) is 0 Å². The van der Waals surface area contributed by atoms with Gasteiger partial charge in [0.15, 0.2) is 9.84 Å². The number of ether oxygens (including phenoxy) is 2. The molecule has 6 heteroatoms. The Morgan fingerprint density at radius 3 is 1.45 bits per heavy atom. The average Bonchev–Trinajstić information content (AvgIpc) is 2.83. The van der Waals surface area contributed by atoms with E-state index in [0.29, 0.717) is 33.0 Å². The molecule has 5 nitrogen and oxygen atoms in total. The highest BCUT2D eigenvalue weighted by Crippen LogP contribution is 2.22. The fraction of sp³-hybridized carbons (Fsp3) is 0.333. The molecule has 3 aromatic rings. The largest absolute Gasteiger partial charge is 0.375 e. The second-order valence-electron chi connectivity index (χ2n) is 8.54. The molecule has 1 saturated heterocycles. The molecular formula is C27H31NO4S. The van der Waals surface area contributed by atoms with Gasteiger partial charge in [-0.25, -0.2) is 8.42 Å². The van der Waals surface area contributed by atoms with Gasteiger partial charge in [0.1, 0.15) is 0 Å². The number of benzene rings is 3. The van der Waals surface area contributed by atoms with Crippen LogP contribution in [0.4, 0.5) is 0 Å². The highest BCUT2D eigenvalue weighted by molar-refractivity contribution is 7.91. The fourth-order valence-electron chi connectivity index (χ4n) is 4.26. The zero-order valence-electron chi connectivity index (χ0n) is 18.8. The van der Waals surface area contributed by atoms with E-state index in [2.05, 4.69) is 17.0 Å².